The van der Waals surface area contributed by atoms with Gasteiger partial charge in [0.2, 0.25) is 10.0 Å². The quantitative estimate of drug-likeness (QED) is 0.605. The maximum atomic E-state index is 13.3. The summed E-state index contributed by atoms with van der Waals surface area (Å²) in [6, 6.07) is 10.2. The van der Waals surface area contributed by atoms with Crippen LogP contribution in [0, 0.1) is 0 Å². The first kappa shape index (κ1) is 24.0. The van der Waals surface area contributed by atoms with Gasteiger partial charge in [0.05, 0.1) is 33.4 Å². The fourth-order valence-electron chi connectivity index (χ4n) is 3.91. The van der Waals surface area contributed by atoms with Gasteiger partial charge in [-0.15, -0.1) is 0 Å². The van der Waals surface area contributed by atoms with Gasteiger partial charge in [0, 0.05) is 36.9 Å². The van der Waals surface area contributed by atoms with Gasteiger partial charge in [0.25, 0.3) is 5.91 Å². The van der Waals surface area contributed by atoms with Crippen LogP contribution in [0.5, 0.6) is 0 Å². The van der Waals surface area contributed by atoms with E-state index in [9.17, 15) is 17.1 Å². The predicted octanol–water partition coefficient (Wildman–Crippen LogP) is 4.22. The standard InChI is InChI=1S/C21H25ClFN3O3S2/c1-2-14-31(28,29)26-12-9-21(10-13-26,18-8-3-4-11-24-18)15-25-20(27)19-16(22)6-5-7-17(19)30-23/h3-8,11H,2,9-10,12-15H2,1H3,(H,25,27). The molecule has 2 aromatic rings. The lowest BCUT2D eigenvalue weighted by Crippen LogP contribution is -2.51. The lowest BCUT2D eigenvalue weighted by molar-refractivity contribution is 0.0929. The first-order valence-electron chi connectivity index (χ1n) is 10.1. The molecule has 168 valence electrons. The van der Waals surface area contributed by atoms with Gasteiger partial charge >= 0.3 is 0 Å². The molecule has 3 rings (SSSR count). The molecular formula is C21H25ClFN3O3S2. The third-order valence-corrected chi connectivity index (χ3v) is 8.51. The van der Waals surface area contributed by atoms with Crippen LogP contribution in [-0.2, 0) is 15.4 Å². The van der Waals surface area contributed by atoms with Crippen molar-refractivity contribution in [2.45, 2.75) is 36.5 Å². The Hall–Kier alpha value is -1.68. The molecule has 31 heavy (non-hydrogen) atoms. The number of hydrogen-bond donors (Lipinski definition) is 1. The Morgan fingerprint density at radius 3 is 2.61 bits per heavy atom. The third-order valence-electron chi connectivity index (χ3n) is 5.62. The highest BCUT2D eigenvalue weighted by Crippen LogP contribution is 2.35. The van der Waals surface area contributed by atoms with E-state index >= 15 is 0 Å². The minimum absolute atomic E-state index is 0.0285. The molecule has 1 aromatic heterocycles. The van der Waals surface area contributed by atoms with E-state index < -0.39 is 21.3 Å². The Kier molecular flexibility index (Phi) is 7.96. The molecule has 1 aliphatic rings. The smallest absolute Gasteiger partial charge is 0.254 e. The zero-order valence-corrected chi connectivity index (χ0v) is 19.6. The largest absolute Gasteiger partial charge is 0.351 e. The molecule has 10 heteroatoms. The van der Waals surface area contributed by atoms with Gasteiger partial charge in [-0.25, -0.2) is 12.7 Å². The number of piperidine rings is 1. The highest BCUT2D eigenvalue weighted by Gasteiger charge is 2.40. The number of amides is 1. The summed E-state index contributed by atoms with van der Waals surface area (Å²) in [6.45, 7) is 2.79. The molecule has 1 fully saturated rings. The fraction of sp³-hybridized carbons (Fsp3) is 0.429. The molecule has 1 aromatic carbocycles. The number of benzene rings is 1. The summed E-state index contributed by atoms with van der Waals surface area (Å²) in [5.74, 6) is -0.349. The van der Waals surface area contributed by atoms with Crippen molar-refractivity contribution in [3.05, 3.63) is 58.9 Å². The summed E-state index contributed by atoms with van der Waals surface area (Å²) < 4.78 is 39.8. The molecule has 0 saturated carbocycles. The molecule has 0 aliphatic carbocycles. The van der Waals surface area contributed by atoms with E-state index in [1.807, 2.05) is 25.1 Å². The SMILES string of the molecule is CCCS(=O)(=O)N1CCC(CNC(=O)c2c(Cl)cccc2SF)(c2ccccn2)CC1. The Morgan fingerprint density at radius 2 is 2.00 bits per heavy atom. The van der Waals surface area contributed by atoms with Gasteiger partial charge < -0.3 is 5.32 Å². The van der Waals surface area contributed by atoms with Gasteiger partial charge in [-0.2, -0.15) is 3.89 Å². The van der Waals surface area contributed by atoms with Crippen LogP contribution in [0.1, 0.15) is 42.2 Å². The van der Waals surface area contributed by atoms with E-state index in [1.54, 1.807) is 18.3 Å². The van der Waals surface area contributed by atoms with Crippen LogP contribution < -0.4 is 5.32 Å². The first-order chi connectivity index (χ1) is 14.8. The minimum Gasteiger partial charge on any atom is -0.351 e. The average molecular weight is 486 g/mol. The van der Waals surface area contributed by atoms with Crippen LogP contribution in [0.3, 0.4) is 0 Å². The number of sulfonamides is 1. The number of rotatable bonds is 8. The molecule has 0 unspecified atom stereocenters. The summed E-state index contributed by atoms with van der Waals surface area (Å²) in [4.78, 5) is 17.5. The van der Waals surface area contributed by atoms with Crippen LogP contribution >= 0.6 is 23.7 Å². The van der Waals surface area contributed by atoms with E-state index in [2.05, 4.69) is 10.3 Å². The number of nitrogens with zero attached hydrogens (tertiary/aromatic N) is 2. The normalized spacial score (nSPS) is 16.7. The molecule has 6 nitrogen and oxygen atoms in total. The van der Waals surface area contributed by atoms with E-state index in [4.69, 9.17) is 11.6 Å². The molecule has 0 atom stereocenters. The van der Waals surface area contributed by atoms with Crippen LogP contribution in [0.15, 0.2) is 47.5 Å². The Labute approximate surface area is 191 Å². The summed E-state index contributed by atoms with van der Waals surface area (Å²) in [5, 5.41) is 3.06. The maximum absolute atomic E-state index is 13.3. The number of aromatic nitrogens is 1. The van der Waals surface area contributed by atoms with Gasteiger partial charge in [0.15, 0.2) is 0 Å². The molecule has 0 bridgehead atoms. The predicted molar refractivity (Wildman–Crippen MR) is 122 cm³/mol. The minimum atomic E-state index is -3.29. The van der Waals surface area contributed by atoms with Gasteiger partial charge in [0.1, 0.15) is 0 Å². The number of pyridine rings is 1. The summed E-state index contributed by atoms with van der Waals surface area (Å²) >= 11 is 6.12. The molecule has 1 amide bonds. The number of nitrogens with one attached hydrogen (secondary N) is 1. The van der Waals surface area contributed by atoms with E-state index in [0.717, 1.165) is 5.69 Å². The Balaban J connectivity index is 1.82. The maximum Gasteiger partial charge on any atom is 0.254 e. The molecule has 2 heterocycles. The van der Waals surface area contributed by atoms with Crippen molar-refractivity contribution in [2.75, 3.05) is 25.4 Å². The molecular weight excluding hydrogens is 461 g/mol. The van der Waals surface area contributed by atoms with Gasteiger partial charge in [-0.3, -0.25) is 9.78 Å². The topological polar surface area (TPSA) is 79.4 Å². The summed E-state index contributed by atoms with van der Waals surface area (Å²) in [6.07, 6.45) is 3.28. The lowest BCUT2D eigenvalue weighted by Gasteiger charge is -2.41. The van der Waals surface area contributed by atoms with Crippen LogP contribution in [0.25, 0.3) is 0 Å². The number of carbonyl (C=O) groups excluding carboxylic acids is 1. The van der Waals surface area contributed by atoms with Crippen molar-refractivity contribution >= 4 is 39.7 Å². The Morgan fingerprint density at radius 1 is 1.26 bits per heavy atom. The van der Waals surface area contributed by atoms with E-state index in [1.165, 1.54) is 10.4 Å². The van der Waals surface area contributed by atoms with Crippen molar-refractivity contribution < 1.29 is 17.1 Å². The van der Waals surface area contributed by atoms with Crippen molar-refractivity contribution in [1.29, 1.82) is 0 Å². The zero-order valence-electron chi connectivity index (χ0n) is 17.2. The second kappa shape index (κ2) is 10.3. The van der Waals surface area contributed by atoms with Crippen LogP contribution in [-0.4, -0.2) is 49.0 Å². The monoisotopic (exact) mass is 485 g/mol. The van der Waals surface area contributed by atoms with Crippen molar-refractivity contribution in [1.82, 2.24) is 14.6 Å². The second-order valence-corrected chi connectivity index (χ2v) is 10.7. The molecule has 0 spiro atoms. The number of hydrogen-bond acceptors (Lipinski definition) is 5. The fourth-order valence-corrected chi connectivity index (χ4v) is 6.15. The third kappa shape index (κ3) is 5.39. The van der Waals surface area contributed by atoms with Gasteiger partial charge in [-0.1, -0.05) is 30.7 Å². The molecule has 0 radical (unpaired) electrons. The summed E-state index contributed by atoms with van der Waals surface area (Å²) in [5.41, 5.74) is 0.359. The van der Waals surface area contributed by atoms with Gasteiger partial charge in [-0.05, 0) is 43.5 Å². The number of carbonyl (C=O) groups is 1. The summed E-state index contributed by atoms with van der Waals surface area (Å²) in [7, 11) is -3.29. The van der Waals surface area contributed by atoms with Crippen molar-refractivity contribution in [3.8, 4) is 0 Å². The molecule has 1 aliphatic heterocycles. The molecule has 1 N–H and O–H groups in total. The lowest BCUT2D eigenvalue weighted by atomic mass is 9.75. The van der Waals surface area contributed by atoms with E-state index in [0.29, 0.717) is 32.4 Å². The van der Waals surface area contributed by atoms with Crippen LogP contribution in [0.4, 0.5) is 3.89 Å². The van der Waals surface area contributed by atoms with E-state index in [-0.39, 0.29) is 39.9 Å². The second-order valence-electron chi connectivity index (χ2n) is 7.58. The van der Waals surface area contributed by atoms with Crippen molar-refractivity contribution in [2.24, 2.45) is 0 Å². The Bertz CT molecular complexity index is 1010. The highest BCUT2D eigenvalue weighted by atomic mass is 35.5. The number of halogens is 2. The van der Waals surface area contributed by atoms with Crippen LogP contribution in [0.2, 0.25) is 5.02 Å². The highest BCUT2D eigenvalue weighted by molar-refractivity contribution is 7.94. The zero-order chi connectivity index (χ0) is 22.5. The van der Waals surface area contributed by atoms with Crippen molar-refractivity contribution in [3.63, 3.8) is 0 Å². The average Bonchev–Trinajstić information content (AvgIpc) is 2.78. The first-order valence-corrected chi connectivity index (χ1v) is 12.8. The molecule has 1 saturated heterocycles.